The minimum Gasteiger partial charge on any atom is -0.289 e. The van der Waals surface area contributed by atoms with Gasteiger partial charge in [0.25, 0.3) is 0 Å². The fourth-order valence-corrected chi connectivity index (χ4v) is 2.24. The predicted molar refractivity (Wildman–Crippen MR) is 74.0 cm³/mol. The van der Waals surface area contributed by atoms with Crippen LogP contribution in [0.4, 0.5) is 0 Å². The second-order valence-electron chi connectivity index (χ2n) is 3.49. The molecule has 0 aliphatic rings. The van der Waals surface area contributed by atoms with Crippen molar-refractivity contribution in [3.8, 4) is 0 Å². The van der Waals surface area contributed by atoms with Gasteiger partial charge in [-0.25, -0.2) is 0 Å². The summed E-state index contributed by atoms with van der Waals surface area (Å²) >= 11 is 15.0. The Labute approximate surface area is 117 Å². The molecule has 0 saturated heterocycles. The van der Waals surface area contributed by atoms with Gasteiger partial charge in [0.1, 0.15) is 0 Å². The first-order valence-electron chi connectivity index (χ1n) is 4.82. The molecule has 0 heterocycles. The van der Waals surface area contributed by atoms with Gasteiger partial charge >= 0.3 is 0 Å². The summed E-state index contributed by atoms with van der Waals surface area (Å²) in [5, 5.41) is 0.913. The molecule has 0 N–H and O–H groups in total. The molecule has 0 saturated carbocycles. The Hall–Kier alpha value is -0.830. The molecule has 0 unspecified atom stereocenters. The van der Waals surface area contributed by atoms with E-state index in [0.717, 1.165) is 4.47 Å². The van der Waals surface area contributed by atoms with Crippen LogP contribution in [-0.4, -0.2) is 5.78 Å². The van der Waals surface area contributed by atoms with Crippen molar-refractivity contribution < 1.29 is 4.79 Å². The molecule has 2 aromatic rings. The molecule has 0 spiro atoms. The molecular formula is C13H7BrCl2O. The van der Waals surface area contributed by atoms with E-state index in [1.165, 1.54) is 0 Å². The van der Waals surface area contributed by atoms with Crippen LogP contribution in [0.1, 0.15) is 15.9 Å². The third-order valence-electron chi connectivity index (χ3n) is 2.23. The van der Waals surface area contributed by atoms with Crippen LogP contribution in [-0.2, 0) is 0 Å². The number of halogens is 3. The quantitative estimate of drug-likeness (QED) is 0.709. The lowest BCUT2D eigenvalue weighted by atomic mass is 10.0. The SMILES string of the molecule is O=C(c1ccc(Br)cc1)c1cc(Cl)cc(Cl)c1. The number of hydrogen-bond acceptors (Lipinski definition) is 1. The van der Waals surface area contributed by atoms with E-state index in [1.54, 1.807) is 30.3 Å². The van der Waals surface area contributed by atoms with Crippen LogP contribution in [0, 0.1) is 0 Å². The summed E-state index contributed by atoms with van der Waals surface area (Å²) in [6.45, 7) is 0. The van der Waals surface area contributed by atoms with E-state index in [9.17, 15) is 4.79 Å². The summed E-state index contributed by atoms with van der Waals surface area (Å²) in [6, 6.07) is 12.0. The molecule has 0 fully saturated rings. The summed E-state index contributed by atoms with van der Waals surface area (Å²) in [7, 11) is 0. The fraction of sp³-hybridized carbons (Fsp3) is 0. The van der Waals surface area contributed by atoms with Crippen LogP contribution in [0.3, 0.4) is 0 Å². The van der Waals surface area contributed by atoms with Crippen molar-refractivity contribution in [1.82, 2.24) is 0 Å². The van der Waals surface area contributed by atoms with Gasteiger partial charge in [-0.3, -0.25) is 4.79 Å². The zero-order chi connectivity index (χ0) is 12.4. The highest BCUT2D eigenvalue weighted by atomic mass is 79.9. The minimum atomic E-state index is -0.0955. The molecule has 0 aliphatic heterocycles. The monoisotopic (exact) mass is 328 g/mol. The fourth-order valence-electron chi connectivity index (χ4n) is 1.45. The molecule has 1 nitrogen and oxygen atoms in total. The maximum Gasteiger partial charge on any atom is 0.193 e. The van der Waals surface area contributed by atoms with Gasteiger partial charge in [-0.2, -0.15) is 0 Å². The summed E-state index contributed by atoms with van der Waals surface area (Å²) in [5.74, 6) is -0.0955. The van der Waals surface area contributed by atoms with Gasteiger partial charge in [0, 0.05) is 25.6 Å². The van der Waals surface area contributed by atoms with Crippen molar-refractivity contribution in [2.24, 2.45) is 0 Å². The second-order valence-corrected chi connectivity index (χ2v) is 5.28. The van der Waals surface area contributed by atoms with Crippen molar-refractivity contribution in [1.29, 1.82) is 0 Å². The Balaban J connectivity index is 2.40. The summed E-state index contributed by atoms with van der Waals surface area (Å²) in [5.41, 5.74) is 1.09. The lowest BCUT2D eigenvalue weighted by Gasteiger charge is -2.03. The van der Waals surface area contributed by atoms with Crippen LogP contribution in [0.5, 0.6) is 0 Å². The van der Waals surface area contributed by atoms with E-state index in [-0.39, 0.29) is 5.78 Å². The number of carbonyl (C=O) groups is 1. The summed E-state index contributed by atoms with van der Waals surface area (Å²) in [4.78, 5) is 12.1. The number of carbonyl (C=O) groups excluding carboxylic acids is 1. The van der Waals surface area contributed by atoms with Crippen LogP contribution in [0.2, 0.25) is 10.0 Å². The minimum absolute atomic E-state index is 0.0955. The Kier molecular flexibility index (Phi) is 3.87. The Morgan fingerprint density at radius 2 is 1.41 bits per heavy atom. The van der Waals surface area contributed by atoms with Gasteiger partial charge in [-0.15, -0.1) is 0 Å². The average Bonchev–Trinajstić information content (AvgIpc) is 2.28. The number of rotatable bonds is 2. The first-order chi connectivity index (χ1) is 8.06. The molecule has 17 heavy (non-hydrogen) atoms. The maximum absolute atomic E-state index is 12.1. The maximum atomic E-state index is 12.1. The number of benzene rings is 2. The molecule has 0 bridgehead atoms. The Morgan fingerprint density at radius 3 is 1.94 bits per heavy atom. The molecule has 2 rings (SSSR count). The van der Waals surface area contributed by atoms with Crippen molar-refractivity contribution >= 4 is 44.9 Å². The molecule has 2 aromatic carbocycles. The second kappa shape index (κ2) is 5.21. The van der Waals surface area contributed by atoms with Crippen LogP contribution in [0.15, 0.2) is 46.9 Å². The van der Waals surface area contributed by atoms with E-state index in [2.05, 4.69) is 15.9 Å². The number of hydrogen-bond donors (Lipinski definition) is 0. The highest BCUT2D eigenvalue weighted by molar-refractivity contribution is 9.10. The first-order valence-corrected chi connectivity index (χ1v) is 6.37. The lowest BCUT2D eigenvalue weighted by molar-refractivity contribution is 0.103. The van der Waals surface area contributed by atoms with Crippen molar-refractivity contribution in [3.63, 3.8) is 0 Å². The molecule has 0 aliphatic carbocycles. The standard InChI is InChI=1S/C13H7BrCl2O/c14-10-3-1-8(2-4-10)13(17)9-5-11(15)7-12(16)6-9/h1-7H. The molecule has 4 heteroatoms. The normalized spacial score (nSPS) is 10.3. The van der Waals surface area contributed by atoms with E-state index in [1.807, 2.05) is 12.1 Å². The largest absolute Gasteiger partial charge is 0.289 e. The van der Waals surface area contributed by atoms with Crippen LogP contribution in [0.25, 0.3) is 0 Å². The molecule has 0 aromatic heterocycles. The highest BCUT2D eigenvalue weighted by Crippen LogP contribution is 2.21. The summed E-state index contributed by atoms with van der Waals surface area (Å²) < 4.78 is 0.929. The highest BCUT2D eigenvalue weighted by Gasteiger charge is 2.10. The predicted octanol–water partition coefficient (Wildman–Crippen LogP) is 4.99. The van der Waals surface area contributed by atoms with E-state index >= 15 is 0 Å². The van der Waals surface area contributed by atoms with Crippen molar-refractivity contribution in [2.45, 2.75) is 0 Å². The Morgan fingerprint density at radius 1 is 0.882 bits per heavy atom. The molecule has 86 valence electrons. The van der Waals surface area contributed by atoms with E-state index in [4.69, 9.17) is 23.2 Å². The topological polar surface area (TPSA) is 17.1 Å². The zero-order valence-corrected chi connectivity index (χ0v) is 11.7. The lowest BCUT2D eigenvalue weighted by Crippen LogP contribution is -2.00. The van der Waals surface area contributed by atoms with E-state index < -0.39 is 0 Å². The van der Waals surface area contributed by atoms with Crippen LogP contribution >= 0.6 is 39.1 Å². The summed E-state index contributed by atoms with van der Waals surface area (Å²) in [6.07, 6.45) is 0. The van der Waals surface area contributed by atoms with Gasteiger partial charge in [-0.05, 0) is 42.5 Å². The average molecular weight is 330 g/mol. The smallest absolute Gasteiger partial charge is 0.193 e. The molecule has 0 radical (unpaired) electrons. The van der Waals surface area contributed by atoms with Crippen molar-refractivity contribution in [2.75, 3.05) is 0 Å². The first kappa shape index (κ1) is 12.6. The van der Waals surface area contributed by atoms with E-state index in [0.29, 0.717) is 21.2 Å². The third-order valence-corrected chi connectivity index (χ3v) is 3.20. The zero-order valence-electron chi connectivity index (χ0n) is 8.58. The molecule has 0 atom stereocenters. The van der Waals surface area contributed by atoms with Gasteiger partial charge in [-0.1, -0.05) is 39.1 Å². The number of ketones is 1. The van der Waals surface area contributed by atoms with Gasteiger partial charge in [0.2, 0.25) is 0 Å². The van der Waals surface area contributed by atoms with Gasteiger partial charge in [0.15, 0.2) is 5.78 Å². The Bertz CT molecular complexity index is 544. The van der Waals surface area contributed by atoms with Crippen LogP contribution < -0.4 is 0 Å². The van der Waals surface area contributed by atoms with Gasteiger partial charge < -0.3 is 0 Å². The molecular weight excluding hydrogens is 323 g/mol. The molecule has 0 amide bonds. The third kappa shape index (κ3) is 3.09. The van der Waals surface area contributed by atoms with Crippen molar-refractivity contribution in [3.05, 3.63) is 68.1 Å². The van der Waals surface area contributed by atoms with Gasteiger partial charge in [0.05, 0.1) is 0 Å².